The number of nitriles is 1. The van der Waals surface area contributed by atoms with E-state index in [9.17, 15) is 0 Å². The van der Waals surface area contributed by atoms with E-state index in [1.165, 1.54) is 37.7 Å². The number of rotatable bonds is 4. The van der Waals surface area contributed by atoms with Crippen molar-refractivity contribution < 1.29 is 0 Å². The molecule has 0 N–H and O–H groups in total. The highest BCUT2D eigenvalue weighted by Gasteiger charge is 2.22. The van der Waals surface area contributed by atoms with Crippen LogP contribution in [0.1, 0.15) is 61.1 Å². The molecular formula is C18H23N. The molecule has 0 radical (unpaired) electrons. The van der Waals surface area contributed by atoms with Gasteiger partial charge in [-0.05, 0) is 74.5 Å². The van der Waals surface area contributed by atoms with Gasteiger partial charge >= 0.3 is 0 Å². The zero-order valence-electron chi connectivity index (χ0n) is 11.9. The third kappa shape index (κ3) is 3.47. The standard InChI is InChI=1S/C18H23N/c1-3-4-5-15-6-8-16(9-7-15)17-10-11-18(13-19)14(2)12-17/h3,10-12,15-16H,1,4-9H2,2H3. The SMILES string of the molecule is C=CCCC1CCC(c2ccc(C#N)c(C)c2)CC1. The van der Waals surface area contributed by atoms with Crippen molar-refractivity contribution in [3.63, 3.8) is 0 Å². The van der Waals surface area contributed by atoms with Gasteiger partial charge in [-0.1, -0.05) is 18.2 Å². The summed E-state index contributed by atoms with van der Waals surface area (Å²) in [7, 11) is 0. The zero-order valence-corrected chi connectivity index (χ0v) is 11.9. The van der Waals surface area contributed by atoms with Crippen LogP contribution < -0.4 is 0 Å². The zero-order chi connectivity index (χ0) is 13.7. The maximum Gasteiger partial charge on any atom is 0.0994 e. The molecule has 0 saturated heterocycles. The molecule has 19 heavy (non-hydrogen) atoms. The molecule has 1 heteroatoms. The number of hydrogen-bond acceptors (Lipinski definition) is 1. The van der Waals surface area contributed by atoms with Crippen LogP contribution in [-0.2, 0) is 0 Å². The molecule has 1 aromatic rings. The van der Waals surface area contributed by atoms with Crippen LogP contribution in [0.2, 0.25) is 0 Å². The first-order chi connectivity index (χ1) is 9.24. The van der Waals surface area contributed by atoms with E-state index in [-0.39, 0.29) is 0 Å². The summed E-state index contributed by atoms with van der Waals surface area (Å²) >= 11 is 0. The lowest BCUT2D eigenvalue weighted by Crippen LogP contribution is -2.13. The monoisotopic (exact) mass is 253 g/mol. The Morgan fingerprint density at radius 3 is 2.63 bits per heavy atom. The van der Waals surface area contributed by atoms with Crippen molar-refractivity contribution in [1.82, 2.24) is 0 Å². The van der Waals surface area contributed by atoms with Crippen LogP contribution in [0, 0.1) is 24.2 Å². The summed E-state index contributed by atoms with van der Waals surface area (Å²) in [6.45, 7) is 5.85. The van der Waals surface area contributed by atoms with E-state index >= 15 is 0 Å². The summed E-state index contributed by atoms with van der Waals surface area (Å²) in [4.78, 5) is 0. The van der Waals surface area contributed by atoms with E-state index < -0.39 is 0 Å². The average molecular weight is 253 g/mol. The molecule has 1 aliphatic carbocycles. The molecule has 0 aromatic heterocycles. The van der Waals surface area contributed by atoms with Crippen molar-refractivity contribution in [3.8, 4) is 6.07 Å². The summed E-state index contributed by atoms with van der Waals surface area (Å²) in [6, 6.07) is 8.60. The molecular weight excluding hydrogens is 230 g/mol. The van der Waals surface area contributed by atoms with Crippen LogP contribution in [0.25, 0.3) is 0 Å². The van der Waals surface area contributed by atoms with Crippen molar-refractivity contribution in [1.29, 1.82) is 5.26 Å². The van der Waals surface area contributed by atoms with Crippen LogP contribution in [0.15, 0.2) is 30.9 Å². The summed E-state index contributed by atoms with van der Waals surface area (Å²) in [5, 5.41) is 8.98. The molecule has 1 fully saturated rings. The van der Waals surface area contributed by atoms with Gasteiger partial charge in [-0.3, -0.25) is 0 Å². The minimum absolute atomic E-state index is 0.700. The molecule has 1 aromatic carbocycles. The van der Waals surface area contributed by atoms with E-state index in [0.717, 1.165) is 23.5 Å². The second-order valence-corrected chi connectivity index (χ2v) is 5.77. The van der Waals surface area contributed by atoms with Gasteiger partial charge in [0.15, 0.2) is 0 Å². The molecule has 0 aliphatic heterocycles. The van der Waals surface area contributed by atoms with E-state index in [0.29, 0.717) is 5.92 Å². The lowest BCUT2D eigenvalue weighted by molar-refractivity contribution is 0.312. The summed E-state index contributed by atoms with van der Waals surface area (Å²) in [6.07, 6.45) is 9.79. The van der Waals surface area contributed by atoms with Gasteiger partial charge in [-0.25, -0.2) is 0 Å². The Bertz CT molecular complexity index is 473. The molecule has 1 saturated carbocycles. The van der Waals surface area contributed by atoms with Crippen molar-refractivity contribution >= 4 is 0 Å². The van der Waals surface area contributed by atoms with Crippen LogP contribution in [0.5, 0.6) is 0 Å². The first kappa shape index (κ1) is 13.9. The summed E-state index contributed by atoms with van der Waals surface area (Å²) in [5.41, 5.74) is 3.36. The molecule has 1 aliphatic rings. The summed E-state index contributed by atoms with van der Waals surface area (Å²) < 4.78 is 0. The number of benzene rings is 1. The number of allylic oxidation sites excluding steroid dienone is 1. The van der Waals surface area contributed by atoms with Crippen LogP contribution >= 0.6 is 0 Å². The van der Waals surface area contributed by atoms with Crippen LogP contribution in [-0.4, -0.2) is 0 Å². The maximum absolute atomic E-state index is 8.98. The Morgan fingerprint density at radius 2 is 2.05 bits per heavy atom. The Labute approximate surface area is 117 Å². The third-order valence-corrected chi connectivity index (χ3v) is 4.47. The van der Waals surface area contributed by atoms with E-state index in [2.05, 4.69) is 24.8 Å². The van der Waals surface area contributed by atoms with Gasteiger partial charge < -0.3 is 0 Å². The Morgan fingerprint density at radius 1 is 1.32 bits per heavy atom. The Kier molecular flexibility index (Phi) is 4.80. The summed E-state index contributed by atoms with van der Waals surface area (Å²) in [5.74, 6) is 1.60. The highest BCUT2D eigenvalue weighted by Crippen LogP contribution is 2.37. The van der Waals surface area contributed by atoms with Gasteiger partial charge in [-0.2, -0.15) is 5.26 Å². The normalized spacial score (nSPS) is 22.7. The van der Waals surface area contributed by atoms with Gasteiger partial charge in [-0.15, -0.1) is 6.58 Å². The fourth-order valence-electron chi connectivity index (χ4n) is 3.20. The number of nitrogens with zero attached hydrogens (tertiary/aromatic N) is 1. The first-order valence-electron chi connectivity index (χ1n) is 7.36. The van der Waals surface area contributed by atoms with Crippen molar-refractivity contribution in [2.45, 2.75) is 51.4 Å². The quantitative estimate of drug-likeness (QED) is 0.684. The molecule has 0 heterocycles. The Hall–Kier alpha value is -1.55. The van der Waals surface area contributed by atoms with Crippen molar-refractivity contribution in [2.75, 3.05) is 0 Å². The molecule has 0 amide bonds. The lowest BCUT2D eigenvalue weighted by Gasteiger charge is -2.28. The van der Waals surface area contributed by atoms with Gasteiger partial charge in [0.05, 0.1) is 11.6 Å². The molecule has 0 bridgehead atoms. The maximum atomic E-state index is 8.98. The predicted octanol–water partition coefficient (Wildman–Crippen LogP) is 5.11. The van der Waals surface area contributed by atoms with Gasteiger partial charge in [0.2, 0.25) is 0 Å². The van der Waals surface area contributed by atoms with Gasteiger partial charge in [0, 0.05) is 0 Å². The predicted molar refractivity (Wildman–Crippen MR) is 80.0 cm³/mol. The van der Waals surface area contributed by atoms with Crippen molar-refractivity contribution in [3.05, 3.63) is 47.5 Å². The highest BCUT2D eigenvalue weighted by atomic mass is 14.3. The molecule has 0 atom stereocenters. The third-order valence-electron chi connectivity index (χ3n) is 4.47. The Balaban J connectivity index is 1.96. The first-order valence-corrected chi connectivity index (χ1v) is 7.36. The van der Waals surface area contributed by atoms with E-state index in [1.54, 1.807) is 0 Å². The average Bonchev–Trinajstić information content (AvgIpc) is 2.45. The largest absolute Gasteiger partial charge is 0.192 e. The van der Waals surface area contributed by atoms with E-state index in [1.807, 2.05) is 19.1 Å². The molecule has 1 nitrogen and oxygen atoms in total. The molecule has 2 rings (SSSR count). The lowest BCUT2D eigenvalue weighted by atomic mass is 9.77. The number of hydrogen-bond donors (Lipinski definition) is 0. The minimum Gasteiger partial charge on any atom is -0.192 e. The second kappa shape index (κ2) is 6.57. The highest BCUT2D eigenvalue weighted by molar-refractivity contribution is 5.40. The van der Waals surface area contributed by atoms with Gasteiger partial charge in [0.25, 0.3) is 0 Å². The topological polar surface area (TPSA) is 23.8 Å². The van der Waals surface area contributed by atoms with Crippen LogP contribution in [0.4, 0.5) is 0 Å². The minimum atomic E-state index is 0.700. The fourth-order valence-corrected chi connectivity index (χ4v) is 3.20. The molecule has 100 valence electrons. The molecule has 0 spiro atoms. The molecule has 0 unspecified atom stereocenters. The van der Waals surface area contributed by atoms with Crippen LogP contribution in [0.3, 0.4) is 0 Å². The fraction of sp³-hybridized carbons (Fsp3) is 0.500. The van der Waals surface area contributed by atoms with E-state index in [4.69, 9.17) is 5.26 Å². The van der Waals surface area contributed by atoms with Gasteiger partial charge in [0.1, 0.15) is 0 Å². The second-order valence-electron chi connectivity index (χ2n) is 5.77. The smallest absolute Gasteiger partial charge is 0.0994 e. The van der Waals surface area contributed by atoms with Crippen molar-refractivity contribution in [2.24, 2.45) is 5.92 Å². The number of aryl methyl sites for hydroxylation is 1.